The average molecular weight is 411 g/mol. The molecule has 2 unspecified atom stereocenters. The standard InChI is InChI=1S/C20H17N3O7/c1-11(20(27)30-12(2)17(24)21-13-7-4-3-5-8-13)22-18(25)14-9-6-10-15(23(28)29)16(14)19(22)26/h3-12H,1-2H3,(H,21,24). The molecule has 10 nitrogen and oxygen atoms in total. The minimum absolute atomic E-state index is 0.163. The molecule has 1 N–H and O–H groups in total. The number of amides is 3. The van der Waals surface area contributed by atoms with Crippen LogP contribution >= 0.6 is 0 Å². The molecule has 3 amide bonds. The molecule has 10 heteroatoms. The zero-order valence-corrected chi connectivity index (χ0v) is 16.0. The van der Waals surface area contributed by atoms with Gasteiger partial charge in [0.05, 0.1) is 10.5 Å². The molecule has 1 heterocycles. The number of para-hydroxylation sites is 1. The summed E-state index contributed by atoms with van der Waals surface area (Å²) in [4.78, 5) is 60.9. The van der Waals surface area contributed by atoms with E-state index in [1.54, 1.807) is 30.3 Å². The maximum Gasteiger partial charge on any atom is 0.329 e. The Kier molecular flexibility index (Phi) is 5.58. The van der Waals surface area contributed by atoms with Crippen LogP contribution in [0.15, 0.2) is 48.5 Å². The quantitative estimate of drug-likeness (QED) is 0.333. The van der Waals surface area contributed by atoms with E-state index in [0.717, 1.165) is 6.07 Å². The zero-order chi connectivity index (χ0) is 22.0. The number of hydrogen-bond acceptors (Lipinski definition) is 7. The Balaban J connectivity index is 1.72. The number of nitro groups is 1. The van der Waals surface area contributed by atoms with E-state index >= 15 is 0 Å². The molecule has 3 rings (SSSR count). The van der Waals surface area contributed by atoms with Gasteiger partial charge in [0.2, 0.25) is 0 Å². The van der Waals surface area contributed by atoms with E-state index in [1.165, 1.54) is 26.0 Å². The number of imide groups is 1. The number of nitrogens with one attached hydrogen (secondary N) is 1. The molecular weight excluding hydrogens is 394 g/mol. The molecule has 0 saturated carbocycles. The van der Waals surface area contributed by atoms with E-state index < -0.39 is 46.4 Å². The lowest BCUT2D eigenvalue weighted by Gasteiger charge is -2.22. The maximum absolute atomic E-state index is 12.7. The third-order valence-corrected chi connectivity index (χ3v) is 4.55. The predicted molar refractivity (Wildman–Crippen MR) is 104 cm³/mol. The molecule has 0 radical (unpaired) electrons. The fourth-order valence-corrected chi connectivity index (χ4v) is 2.99. The summed E-state index contributed by atoms with van der Waals surface area (Å²) in [5, 5.41) is 13.7. The fraction of sp³-hybridized carbons (Fsp3) is 0.200. The third-order valence-electron chi connectivity index (χ3n) is 4.55. The van der Waals surface area contributed by atoms with Crippen LogP contribution in [0.25, 0.3) is 0 Å². The first-order valence-electron chi connectivity index (χ1n) is 8.94. The molecule has 154 valence electrons. The predicted octanol–water partition coefficient (Wildman–Crippen LogP) is 2.15. The zero-order valence-electron chi connectivity index (χ0n) is 16.0. The van der Waals surface area contributed by atoms with Crippen molar-refractivity contribution in [3.8, 4) is 0 Å². The lowest BCUT2D eigenvalue weighted by molar-refractivity contribution is -0.385. The van der Waals surface area contributed by atoms with E-state index in [0.29, 0.717) is 10.6 Å². The first kappa shape index (κ1) is 20.6. The van der Waals surface area contributed by atoms with Crippen LogP contribution in [0.4, 0.5) is 11.4 Å². The Labute approximate surface area is 170 Å². The van der Waals surface area contributed by atoms with Crippen LogP contribution in [0.2, 0.25) is 0 Å². The van der Waals surface area contributed by atoms with Gasteiger partial charge in [-0.3, -0.25) is 29.4 Å². The molecule has 30 heavy (non-hydrogen) atoms. The molecule has 2 aromatic rings. The van der Waals surface area contributed by atoms with Crippen molar-refractivity contribution < 1.29 is 28.8 Å². The van der Waals surface area contributed by atoms with Gasteiger partial charge in [-0.25, -0.2) is 4.79 Å². The normalized spacial score (nSPS) is 14.7. The summed E-state index contributed by atoms with van der Waals surface area (Å²) in [7, 11) is 0. The summed E-state index contributed by atoms with van der Waals surface area (Å²) in [5.41, 5.74) is -0.554. The Bertz CT molecular complexity index is 1050. The van der Waals surface area contributed by atoms with Gasteiger partial charge in [-0.15, -0.1) is 0 Å². The van der Waals surface area contributed by atoms with Crippen LogP contribution < -0.4 is 5.32 Å². The second-order valence-corrected chi connectivity index (χ2v) is 6.55. The van der Waals surface area contributed by atoms with Crippen molar-refractivity contribution in [1.29, 1.82) is 0 Å². The summed E-state index contributed by atoms with van der Waals surface area (Å²) >= 11 is 0. The van der Waals surface area contributed by atoms with Crippen LogP contribution in [0.5, 0.6) is 0 Å². The van der Waals surface area contributed by atoms with Crippen LogP contribution in [0.1, 0.15) is 34.6 Å². The van der Waals surface area contributed by atoms with Gasteiger partial charge >= 0.3 is 5.97 Å². The van der Waals surface area contributed by atoms with Crippen molar-refractivity contribution in [2.75, 3.05) is 5.32 Å². The van der Waals surface area contributed by atoms with E-state index in [1.807, 2.05) is 0 Å². The number of esters is 1. The largest absolute Gasteiger partial charge is 0.451 e. The number of rotatable bonds is 6. The third kappa shape index (κ3) is 3.75. The number of nitro benzene ring substituents is 1. The summed E-state index contributed by atoms with van der Waals surface area (Å²) in [6, 6.07) is 10.8. The van der Waals surface area contributed by atoms with E-state index in [2.05, 4.69) is 5.32 Å². The highest BCUT2D eigenvalue weighted by Gasteiger charge is 2.45. The molecule has 1 aliphatic rings. The molecule has 0 aromatic heterocycles. The number of benzene rings is 2. The van der Waals surface area contributed by atoms with Gasteiger partial charge in [0.25, 0.3) is 23.4 Å². The Morgan fingerprint density at radius 3 is 2.33 bits per heavy atom. The summed E-state index contributed by atoms with van der Waals surface area (Å²) in [6.07, 6.45) is -1.20. The highest BCUT2D eigenvalue weighted by Crippen LogP contribution is 2.32. The SMILES string of the molecule is CC(OC(=O)C(C)N1C(=O)c2cccc([N+](=O)[O-])c2C1=O)C(=O)Nc1ccccc1. The van der Waals surface area contributed by atoms with Crippen molar-refractivity contribution >= 4 is 35.1 Å². The summed E-state index contributed by atoms with van der Waals surface area (Å²) in [6.45, 7) is 2.59. The minimum atomic E-state index is -1.39. The van der Waals surface area contributed by atoms with E-state index in [9.17, 15) is 29.3 Å². The molecule has 0 saturated heterocycles. The van der Waals surface area contributed by atoms with Crippen molar-refractivity contribution in [3.05, 3.63) is 69.8 Å². The monoisotopic (exact) mass is 411 g/mol. The molecule has 2 aromatic carbocycles. The van der Waals surface area contributed by atoms with Gasteiger partial charge in [-0.05, 0) is 32.0 Å². The van der Waals surface area contributed by atoms with Crippen LogP contribution in [-0.2, 0) is 14.3 Å². The van der Waals surface area contributed by atoms with Gasteiger partial charge in [0.1, 0.15) is 11.6 Å². The van der Waals surface area contributed by atoms with E-state index in [-0.39, 0.29) is 11.1 Å². The fourth-order valence-electron chi connectivity index (χ4n) is 2.99. The summed E-state index contributed by atoms with van der Waals surface area (Å²) < 4.78 is 5.10. The molecule has 2 atom stereocenters. The van der Waals surface area contributed by atoms with Crippen LogP contribution in [0, 0.1) is 10.1 Å². The molecule has 1 aliphatic heterocycles. The number of carbonyl (C=O) groups excluding carboxylic acids is 4. The van der Waals surface area contributed by atoms with Crippen LogP contribution in [-0.4, -0.2) is 45.7 Å². The minimum Gasteiger partial charge on any atom is -0.451 e. The lowest BCUT2D eigenvalue weighted by atomic mass is 10.1. The number of anilines is 1. The molecule has 0 fully saturated rings. The highest BCUT2D eigenvalue weighted by molar-refractivity contribution is 6.24. The molecule has 0 aliphatic carbocycles. The Morgan fingerprint density at radius 2 is 1.70 bits per heavy atom. The first-order chi connectivity index (χ1) is 14.2. The van der Waals surface area contributed by atoms with Crippen molar-refractivity contribution in [2.45, 2.75) is 26.0 Å². The number of fused-ring (bicyclic) bond motifs is 1. The molecule has 0 bridgehead atoms. The van der Waals surface area contributed by atoms with Crippen molar-refractivity contribution in [2.24, 2.45) is 0 Å². The van der Waals surface area contributed by atoms with Gasteiger partial charge < -0.3 is 10.1 Å². The van der Waals surface area contributed by atoms with Crippen molar-refractivity contribution in [1.82, 2.24) is 4.90 Å². The number of nitrogens with zero attached hydrogens (tertiary/aromatic N) is 2. The second-order valence-electron chi connectivity index (χ2n) is 6.55. The first-order valence-corrected chi connectivity index (χ1v) is 8.94. The Morgan fingerprint density at radius 1 is 1.03 bits per heavy atom. The Hall–Kier alpha value is -4.08. The van der Waals surface area contributed by atoms with Gasteiger partial charge in [0.15, 0.2) is 6.10 Å². The lowest BCUT2D eigenvalue weighted by Crippen LogP contribution is -2.45. The maximum atomic E-state index is 12.7. The summed E-state index contributed by atoms with van der Waals surface area (Å²) in [5.74, 6) is -3.40. The van der Waals surface area contributed by atoms with Crippen molar-refractivity contribution in [3.63, 3.8) is 0 Å². The average Bonchev–Trinajstić information content (AvgIpc) is 2.98. The van der Waals surface area contributed by atoms with Gasteiger partial charge in [-0.1, -0.05) is 24.3 Å². The smallest absolute Gasteiger partial charge is 0.329 e. The molecule has 0 spiro atoms. The van der Waals surface area contributed by atoms with Crippen LogP contribution in [0.3, 0.4) is 0 Å². The molecular formula is C20H17N3O7. The topological polar surface area (TPSA) is 136 Å². The van der Waals surface area contributed by atoms with Gasteiger partial charge in [-0.2, -0.15) is 0 Å². The highest BCUT2D eigenvalue weighted by atomic mass is 16.6. The number of hydrogen-bond donors (Lipinski definition) is 1. The second kappa shape index (κ2) is 8.11. The number of ether oxygens (including phenoxy) is 1. The van der Waals surface area contributed by atoms with Gasteiger partial charge in [0, 0.05) is 11.8 Å². The van der Waals surface area contributed by atoms with E-state index in [4.69, 9.17) is 4.74 Å². The number of carbonyl (C=O) groups is 4.